The Labute approximate surface area is 204 Å². The summed E-state index contributed by atoms with van der Waals surface area (Å²) in [6.07, 6.45) is 1.77. The molecule has 1 aromatic heterocycles. The van der Waals surface area contributed by atoms with Crippen LogP contribution in [0.1, 0.15) is 37.7 Å². The summed E-state index contributed by atoms with van der Waals surface area (Å²) in [5, 5.41) is 12.7. The molecule has 0 saturated carbocycles. The van der Waals surface area contributed by atoms with Crippen molar-refractivity contribution in [2.24, 2.45) is 0 Å². The molecule has 0 aliphatic heterocycles. The maximum atomic E-state index is 12.3. The molecule has 0 aliphatic rings. The lowest BCUT2D eigenvalue weighted by Gasteiger charge is -2.19. The average Bonchev–Trinajstić information content (AvgIpc) is 3.17. The fraction of sp³-hybridized carbons (Fsp3) is 0.320. The lowest BCUT2D eigenvalue weighted by Crippen LogP contribution is -2.24. The molecule has 6 nitrogen and oxygen atoms in total. The molecule has 3 aromatic rings. The number of ether oxygens (including phenoxy) is 1. The molecular formula is C25H29ClN4O2S. The largest absolute Gasteiger partial charge is 0.486 e. The maximum Gasteiger partial charge on any atom is 0.230 e. The molecule has 0 saturated heterocycles. The second kappa shape index (κ2) is 11.4. The van der Waals surface area contributed by atoms with Gasteiger partial charge in [0.05, 0.1) is 5.75 Å². The summed E-state index contributed by atoms with van der Waals surface area (Å²) in [6, 6.07) is 15.5. The summed E-state index contributed by atoms with van der Waals surface area (Å²) in [5.41, 5.74) is 2.33. The van der Waals surface area contributed by atoms with Crippen molar-refractivity contribution in [3.63, 3.8) is 0 Å². The molecule has 0 fully saturated rings. The Bertz CT molecular complexity index is 1070. The van der Waals surface area contributed by atoms with Crippen LogP contribution in [0.25, 0.3) is 0 Å². The number of thioether (sulfide) groups is 1. The first-order valence-electron chi connectivity index (χ1n) is 10.7. The van der Waals surface area contributed by atoms with E-state index < -0.39 is 0 Å². The van der Waals surface area contributed by atoms with E-state index in [4.69, 9.17) is 16.3 Å². The first kappa shape index (κ1) is 24.9. The highest BCUT2D eigenvalue weighted by atomic mass is 35.5. The SMILES string of the molecule is C=CCn1c(COc2ccc(C(C)(C)C)cc2)nnc1SCC(=O)NCc1ccc(Cl)cc1. The summed E-state index contributed by atoms with van der Waals surface area (Å²) >= 11 is 7.23. The number of nitrogens with zero attached hydrogens (tertiary/aromatic N) is 3. The van der Waals surface area contributed by atoms with Crippen molar-refractivity contribution in [2.45, 2.75) is 51.0 Å². The molecule has 0 radical (unpaired) electrons. The highest BCUT2D eigenvalue weighted by molar-refractivity contribution is 7.99. The molecule has 1 heterocycles. The quantitative estimate of drug-likeness (QED) is 0.308. The van der Waals surface area contributed by atoms with Crippen molar-refractivity contribution in [1.82, 2.24) is 20.1 Å². The number of carbonyl (C=O) groups is 1. The molecule has 1 amide bonds. The molecule has 0 bridgehead atoms. The number of benzene rings is 2. The van der Waals surface area contributed by atoms with Gasteiger partial charge in [-0.25, -0.2) is 0 Å². The van der Waals surface area contributed by atoms with E-state index in [9.17, 15) is 4.79 Å². The minimum absolute atomic E-state index is 0.0835. The van der Waals surface area contributed by atoms with Gasteiger partial charge in [-0.2, -0.15) is 0 Å². The number of hydrogen-bond acceptors (Lipinski definition) is 5. The zero-order valence-electron chi connectivity index (χ0n) is 19.2. The Morgan fingerprint density at radius 1 is 1.15 bits per heavy atom. The van der Waals surface area contributed by atoms with Gasteiger partial charge in [0.25, 0.3) is 0 Å². The fourth-order valence-electron chi connectivity index (χ4n) is 3.03. The van der Waals surface area contributed by atoms with E-state index in [1.165, 1.54) is 17.3 Å². The van der Waals surface area contributed by atoms with Crippen LogP contribution in [0, 0.1) is 0 Å². The smallest absolute Gasteiger partial charge is 0.230 e. The van der Waals surface area contributed by atoms with E-state index >= 15 is 0 Å². The molecular weight excluding hydrogens is 456 g/mol. The number of rotatable bonds is 10. The molecule has 0 aliphatic carbocycles. The van der Waals surface area contributed by atoms with Crippen LogP contribution in [0.3, 0.4) is 0 Å². The molecule has 174 valence electrons. The predicted octanol–water partition coefficient (Wildman–Crippen LogP) is 5.40. The number of amides is 1. The number of aromatic nitrogens is 3. The van der Waals surface area contributed by atoms with Gasteiger partial charge in [0.2, 0.25) is 5.91 Å². The third-order valence-electron chi connectivity index (χ3n) is 4.93. The monoisotopic (exact) mass is 484 g/mol. The fourth-order valence-corrected chi connectivity index (χ4v) is 3.95. The minimum Gasteiger partial charge on any atom is -0.486 e. The van der Waals surface area contributed by atoms with Crippen LogP contribution in [0.4, 0.5) is 0 Å². The summed E-state index contributed by atoms with van der Waals surface area (Å²) in [4.78, 5) is 12.3. The first-order valence-corrected chi connectivity index (χ1v) is 12.0. The maximum absolute atomic E-state index is 12.3. The van der Waals surface area contributed by atoms with Crippen molar-refractivity contribution in [1.29, 1.82) is 0 Å². The second-order valence-electron chi connectivity index (χ2n) is 8.55. The molecule has 0 spiro atoms. The van der Waals surface area contributed by atoms with Crippen molar-refractivity contribution in [3.05, 3.63) is 83.2 Å². The van der Waals surface area contributed by atoms with E-state index in [1.54, 1.807) is 18.2 Å². The highest BCUT2D eigenvalue weighted by Gasteiger charge is 2.15. The van der Waals surface area contributed by atoms with Crippen LogP contribution >= 0.6 is 23.4 Å². The molecule has 0 unspecified atom stereocenters. The molecule has 0 atom stereocenters. The van der Waals surface area contributed by atoms with E-state index in [2.05, 4.69) is 55.0 Å². The topological polar surface area (TPSA) is 69.0 Å². The lowest BCUT2D eigenvalue weighted by atomic mass is 9.87. The molecule has 8 heteroatoms. The van der Waals surface area contributed by atoms with Gasteiger partial charge in [-0.1, -0.05) is 74.5 Å². The van der Waals surface area contributed by atoms with Gasteiger partial charge in [0, 0.05) is 18.1 Å². The molecule has 33 heavy (non-hydrogen) atoms. The molecule has 1 N–H and O–H groups in total. The van der Waals surface area contributed by atoms with Gasteiger partial charge in [-0.15, -0.1) is 16.8 Å². The number of hydrogen-bond donors (Lipinski definition) is 1. The van der Waals surface area contributed by atoms with Crippen LogP contribution in [0.2, 0.25) is 5.02 Å². The second-order valence-corrected chi connectivity index (χ2v) is 9.93. The third-order valence-corrected chi connectivity index (χ3v) is 6.15. The average molecular weight is 485 g/mol. The van der Waals surface area contributed by atoms with Crippen molar-refractivity contribution in [2.75, 3.05) is 5.75 Å². The zero-order chi connectivity index (χ0) is 23.8. The number of nitrogens with one attached hydrogen (secondary N) is 1. The summed E-state index contributed by atoms with van der Waals surface area (Å²) in [6.45, 7) is 11.6. The number of halogens is 1. The summed E-state index contributed by atoms with van der Waals surface area (Å²) < 4.78 is 7.84. The summed E-state index contributed by atoms with van der Waals surface area (Å²) in [5.74, 6) is 1.60. The van der Waals surface area contributed by atoms with Crippen LogP contribution in [-0.2, 0) is 29.9 Å². The van der Waals surface area contributed by atoms with Crippen molar-refractivity contribution >= 4 is 29.3 Å². The highest BCUT2D eigenvalue weighted by Crippen LogP contribution is 2.25. The van der Waals surface area contributed by atoms with E-state index in [0.29, 0.717) is 29.1 Å². The van der Waals surface area contributed by atoms with E-state index in [0.717, 1.165) is 11.3 Å². The van der Waals surface area contributed by atoms with Crippen molar-refractivity contribution < 1.29 is 9.53 Å². The van der Waals surface area contributed by atoms with Crippen LogP contribution in [0.5, 0.6) is 5.75 Å². The molecule has 2 aromatic carbocycles. The zero-order valence-corrected chi connectivity index (χ0v) is 20.7. The number of allylic oxidation sites excluding steroid dienone is 1. The number of carbonyl (C=O) groups excluding carboxylic acids is 1. The Balaban J connectivity index is 1.55. The van der Waals surface area contributed by atoms with Gasteiger partial charge in [-0.05, 0) is 40.8 Å². The Hall–Kier alpha value is -2.77. The Kier molecular flexibility index (Phi) is 8.58. The van der Waals surface area contributed by atoms with Crippen molar-refractivity contribution in [3.8, 4) is 5.75 Å². The van der Waals surface area contributed by atoms with Crippen LogP contribution in [-0.4, -0.2) is 26.4 Å². The van der Waals surface area contributed by atoms with Crippen LogP contribution in [0.15, 0.2) is 66.3 Å². The van der Waals surface area contributed by atoms with Gasteiger partial charge >= 0.3 is 0 Å². The van der Waals surface area contributed by atoms with E-state index in [1.807, 2.05) is 28.8 Å². The van der Waals surface area contributed by atoms with E-state index in [-0.39, 0.29) is 23.7 Å². The summed E-state index contributed by atoms with van der Waals surface area (Å²) in [7, 11) is 0. The standard InChI is InChI=1S/C25H29ClN4O2S/c1-5-14-30-22(16-32-21-12-8-19(9-13-21)25(2,3)4)28-29-24(30)33-17-23(31)27-15-18-6-10-20(26)11-7-18/h5-13H,1,14-17H2,2-4H3,(H,27,31). The van der Waals surface area contributed by atoms with Gasteiger partial charge in [0.15, 0.2) is 11.0 Å². The van der Waals surface area contributed by atoms with Gasteiger partial charge in [-0.3, -0.25) is 9.36 Å². The minimum atomic E-state index is -0.0835. The Morgan fingerprint density at radius 2 is 1.85 bits per heavy atom. The lowest BCUT2D eigenvalue weighted by molar-refractivity contribution is -0.118. The first-order chi connectivity index (χ1) is 15.8. The molecule has 3 rings (SSSR count). The van der Waals surface area contributed by atoms with Gasteiger partial charge < -0.3 is 10.1 Å². The normalized spacial score (nSPS) is 11.3. The Morgan fingerprint density at radius 3 is 2.48 bits per heavy atom. The van der Waals surface area contributed by atoms with Gasteiger partial charge in [0.1, 0.15) is 12.4 Å². The van der Waals surface area contributed by atoms with Crippen LogP contribution < -0.4 is 10.1 Å². The predicted molar refractivity (Wildman–Crippen MR) is 134 cm³/mol. The third kappa shape index (κ3) is 7.37.